The minimum Gasteiger partial charge on any atom is -0.477 e. The zero-order chi connectivity index (χ0) is 23.5. The molecule has 9 nitrogen and oxygen atoms in total. The minimum atomic E-state index is -1.07. The highest BCUT2D eigenvalue weighted by Crippen LogP contribution is 2.17. The second-order valence-electron chi connectivity index (χ2n) is 6.82. The van der Waals surface area contributed by atoms with Gasteiger partial charge in [0.1, 0.15) is 22.1 Å². The van der Waals surface area contributed by atoms with Crippen LogP contribution in [0.1, 0.15) is 41.1 Å². The molecule has 0 fully saturated rings. The van der Waals surface area contributed by atoms with Crippen molar-refractivity contribution in [3.05, 3.63) is 87.0 Å². The summed E-state index contributed by atoms with van der Waals surface area (Å²) in [6.07, 6.45) is 0.873. The van der Waals surface area contributed by atoms with Crippen molar-refractivity contribution < 1.29 is 28.3 Å². The molecule has 4 aromatic rings. The summed E-state index contributed by atoms with van der Waals surface area (Å²) in [6.45, 7) is 0.0932. The average Bonchev–Trinajstić information content (AvgIpc) is 3.43. The maximum absolute atomic E-state index is 14.2. The first-order valence-electron chi connectivity index (χ1n) is 9.49. The Morgan fingerprint density at radius 2 is 1.73 bits per heavy atom. The van der Waals surface area contributed by atoms with Crippen LogP contribution >= 0.6 is 11.3 Å². The molecular weight excluding hydrogens is 456 g/mol. The van der Waals surface area contributed by atoms with E-state index in [-0.39, 0.29) is 35.0 Å². The normalized spacial score (nSPS) is 10.8. The molecule has 3 N–H and O–H groups in total. The number of thiophene rings is 1. The highest BCUT2D eigenvalue weighted by Gasteiger charge is 2.20. The van der Waals surface area contributed by atoms with Crippen molar-refractivity contribution in [3.63, 3.8) is 0 Å². The average molecular weight is 471 g/mol. The quantitative estimate of drug-likeness (QED) is 0.381. The molecule has 2 amide bonds. The van der Waals surface area contributed by atoms with Crippen molar-refractivity contribution in [1.82, 2.24) is 25.2 Å². The smallest absolute Gasteiger partial charge is 0.345 e. The van der Waals surface area contributed by atoms with E-state index in [1.165, 1.54) is 36.4 Å². The standard InChI is InChI=1S/C21H15F2N5O4S/c22-12-3-1-11(2-4-12)8-24-19(29)15-7-16(28-18(27-15)14(23)10-26-28)20(30)25-9-13-5-6-17(33-13)21(31)32/h1-7,10H,8-9H2,(H,24,29)(H,25,30)(H,31,32). The van der Waals surface area contributed by atoms with Crippen molar-refractivity contribution in [2.45, 2.75) is 13.1 Å². The second kappa shape index (κ2) is 9.12. The molecule has 12 heteroatoms. The maximum Gasteiger partial charge on any atom is 0.345 e. The predicted molar refractivity (Wildman–Crippen MR) is 113 cm³/mol. The maximum atomic E-state index is 14.2. The number of hydrogen-bond acceptors (Lipinski definition) is 6. The summed E-state index contributed by atoms with van der Waals surface area (Å²) in [7, 11) is 0. The Morgan fingerprint density at radius 3 is 2.42 bits per heavy atom. The molecule has 4 rings (SSSR count). The fraction of sp³-hybridized carbons (Fsp3) is 0.0952. The van der Waals surface area contributed by atoms with Crippen LogP contribution < -0.4 is 10.6 Å². The number of halogens is 2. The number of rotatable bonds is 7. The number of aromatic carboxylic acids is 1. The largest absolute Gasteiger partial charge is 0.477 e. The van der Waals surface area contributed by atoms with Gasteiger partial charge in [-0.05, 0) is 29.8 Å². The Kier molecular flexibility index (Phi) is 6.09. The summed E-state index contributed by atoms with van der Waals surface area (Å²) in [5.41, 5.74) is -0.0147. The summed E-state index contributed by atoms with van der Waals surface area (Å²) in [6, 6.07) is 9.67. The minimum absolute atomic E-state index is 0.0242. The lowest BCUT2D eigenvalue weighted by atomic mass is 10.2. The lowest BCUT2D eigenvalue weighted by Gasteiger charge is -2.09. The molecule has 0 radical (unpaired) electrons. The number of carboxylic acids is 1. The number of aromatic nitrogens is 3. The Hall–Kier alpha value is -4.19. The van der Waals surface area contributed by atoms with E-state index < -0.39 is 29.4 Å². The molecule has 0 saturated heterocycles. The van der Waals surface area contributed by atoms with Crippen molar-refractivity contribution in [1.29, 1.82) is 0 Å². The summed E-state index contributed by atoms with van der Waals surface area (Å²) in [5, 5.41) is 18.0. The number of amides is 2. The van der Waals surface area contributed by atoms with Gasteiger partial charge in [-0.2, -0.15) is 5.10 Å². The molecule has 168 valence electrons. The van der Waals surface area contributed by atoms with E-state index in [4.69, 9.17) is 5.11 Å². The molecule has 0 aliphatic rings. The topological polar surface area (TPSA) is 126 Å². The van der Waals surface area contributed by atoms with Gasteiger partial charge in [-0.3, -0.25) is 9.59 Å². The fourth-order valence-corrected chi connectivity index (χ4v) is 3.72. The van der Waals surface area contributed by atoms with Crippen LogP contribution in [0.3, 0.4) is 0 Å². The summed E-state index contributed by atoms with van der Waals surface area (Å²) < 4.78 is 28.2. The summed E-state index contributed by atoms with van der Waals surface area (Å²) >= 11 is 1.00. The van der Waals surface area contributed by atoms with Gasteiger partial charge < -0.3 is 15.7 Å². The van der Waals surface area contributed by atoms with Crippen molar-refractivity contribution in [2.75, 3.05) is 0 Å². The van der Waals surface area contributed by atoms with Crippen LogP contribution in [0.15, 0.2) is 48.7 Å². The first-order valence-corrected chi connectivity index (χ1v) is 10.3. The van der Waals surface area contributed by atoms with Crippen LogP contribution in [0, 0.1) is 11.6 Å². The Bertz CT molecular complexity index is 1370. The third-order valence-corrected chi connectivity index (χ3v) is 5.63. The monoisotopic (exact) mass is 471 g/mol. The number of carbonyl (C=O) groups excluding carboxylic acids is 2. The molecule has 3 heterocycles. The van der Waals surface area contributed by atoms with Crippen molar-refractivity contribution >= 4 is 34.8 Å². The number of hydrogen-bond donors (Lipinski definition) is 3. The van der Waals surface area contributed by atoms with Crippen molar-refractivity contribution in [3.8, 4) is 0 Å². The zero-order valence-electron chi connectivity index (χ0n) is 16.7. The molecule has 0 atom stereocenters. The molecular formula is C21H15F2N5O4S. The van der Waals surface area contributed by atoms with Crippen LogP contribution in [0.4, 0.5) is 8.78 Å². The van der Waals surface area contributed by atoms with Crippen LogP contribution in [0.2, 0.25) is 0 Å². The number of nitrogens with zero attached hydrogens (tertiary/aromatic N) is 3. The molecule has 1 aromatic carbocycles. The Morgan fingerprint density at radius 1 is 1.00 bits per heavy atom. The van der Waals surface area contributed by atoms with Crippen LogP contribution in [-0.2, 0) is 13.1 Å². The van der Waals surface area contributed by atoms with Gasteiger partial charge in [0, 0.05) is 17.5 Å². The second-order valence-corrected chi connectivity index (χ2v) is 7.99. The highest BCUT2D eigenvalue weighted by molar-refractivity contribution is 7.13. The van der Waals surface area contributed by atoms with Gasteiger partial charge in [-0.25, -0.2) is 23.1 Å². The number of benzene rings is 1. The molecule has 33 heavy (non-hydrogen) atoms. The third-order valence-electron chi connectivity index (χ3n) is 4.56. The van der Waals surface area contributed by atoms with Crippen LogP contribution in [0.25, 0.3) is 5.65 Å². The first-order chi connectivity index (χ1) is 15.8. The van der Waals surface area contributed by atoms with Gasteiger partial charge in [0.15, 0.2) is 11.5 Å². The van der Waals surface area contributed by atoms with Gasteiger partial charge in [-0.15, -0.1) is 11.3 Å². The van der Waals surface area contributed by atoms with E-state index in [2.05, 4.69) is 20.7 Å². The summed E-state index contributed by atoms with van der Waals surface area (Å²) in [5.74, 6) is -3.63. The van der Waals surface area contributed by atoms with E-state index in [0.717, 1.165) is 22.0 Å². The Balaban J connectivity index is 1.54. The third kappa shape index (κ3) is 4.85. The van der Waals surface area contributed by atoms with E-state index in [0.29, 0.717) is 10.4 Å². The highest BCUT2D eigenvalue weighted by atomic mass is 32.1. The summed E-state index contributed by atoms with van der Waals surface area (Å²) in [4.78, 5) is 41.0. The van der Waals surface area contributed by atoms with Crippen LogP contribution in [-0.4, -0.2) is 37.5 Å². The lowest BCUT2D eigenvalue weighted by molar-refractivity contribution is 0.0701. The predicted octanol–water partition coefficient (Wildman–Crippen LogP) is 2.63. The van der Waals surface area contributed by atoms with E-state index in [9.17, 15) is 23.2 Å². The zero-order valence-corrected chi connectivity index (χ0v) is 17.5. The SMILES string of the molecule is O=C(NCc1ccc(F)cc1)c1cc(C(=O)NCc2ccc(C(=O)O)s2)n2ncc(F)c2n1. The van der Waals surface area contributed by atoms with E-state index in [1.807, 2.05) is 0 Å². The van der Waals surface area contributed by atoms with Gasteiger partial charge >= 0.3 is 5.97 Å². The lowest BCUT2D eigenvalue weighted by Crippen LogP contribution is -2.28. The number of fused-ring (bicyclic) bond motifs is 1. The van der Waals surface area contributed by atoms with Gasteiger partial charge in [0.25, 0.3) is 11.8 Å². The molecule has 0 saturated carbocycles. The van der Waals surface area contributed by atoms with Crippen LogP contribution in [0.5, 0.6) is 0 Å². The number of carboxylic acid groups (broad SMARTS) is 1. The van der Waals surface area contributed by atoms with Gasteiger partial charge in [0.2, 0.25) is 0 Å². The van der Waals surface area contributed by atoms with Gasteiger partial charge in [0.05, 0.1) is 12.7 Å². The van der Waals surface area contributed by atoms with Crippen molar-refractivity contribution in [2.24, 2.45) is 0 Å². The number of nitrogens with one attached hydrogen (secondary N) is 2. The first kappa shape index (κ1) is 22.0. The molecule has 0 bridgehead atoms. The fourth-order valence-electron chi connectivity index (χ4n) is 2.94. The van der Waals surface area contributed by atoms with E-state index >= 15 is 0 Å². The number of carbonyl (C=O) groups is 3. The molecule has 3 aromatic heterocycles. The Labute approximate surface area is 188 Å². The molecule has 0 spiro atoms. The molecule has 0 aliphatic carbocycles. The van der Waals surface area contributed by atoms with Gasteiger partial charge in [-0.1, -0.05) is 12.1 Å². The molecule has 0 unspecified atom stereocenters. The molecule has 0 aliphatic heterocycles. The van der Waals surface area contributed by atoms with E-state index in [1.54, 1.807) is 6.07 Å².